The highest BCUT2D eigenvalue weighted by Gasteiger charge is 2.16. The number of nitrogens with one attached hydrogen (secondary N) is 2. The summed E-state index contributed by atoms with van der Waals surface area (Å²) < 4.78 is 4.92. The summed E-state index contributed by atoms with van der Waals surface area (Å²) in [5.74, 6) is -0.290. The first-order valence-electron chi connectivity index (χ1n) is 6.81. The molecule has 0 spiro atoms. The van der Waals surface area contributed by atoms with Crippen molar-refractivity contribution in [1.82, 2.24) is 10.6 Å². The first-order chi connectivity index (χ1) is 10.0. The van der Waals surface area contributed by atoms with Gasteiger partial charge < -0.3 is 15.4 Å². The van der Waals surface area contributed by atoms with Gasteiger partial charge in [-0.2, -0.15) is 0 Å². The molecule has 1 rings (SSSR count). The molecule has 0 aliphatic rings. The molecule has 1 aromatic carbocycles. The SMILES string of the molecule is COCCCNC(=O)C[C@@H](NC(C)=O)c1ccc(Cl)cc1. The second kappa shape index (κ2) is 9.37. The van der Waals surface area contributed by atoms with Gasteiger partial charge in [-0.1, -0.05) is 23.7 Å². The smallest absolute Gasteiger partial charge is 0.222 e. The first kappa shape index (κ1) is 17.5. The second-order valence-corrected chi connectivity index (χ2v) is 5.14. The van der Waals surface area contributed by atoms with E-state index in [2.05, 4.69) is 10.6 Å². The predicted octanol–water partition coefficient (Wildman–Crippen LogP) is 2.06. The minimum absolute atomic E-state index is 0.111. The molecule has 6 heteroatoms. The van der Waals surface area contributed by atoms with E-state index >= 15 is 0 Å². The molecule has 1 aromatic rings. The van der Waals surface area contributed by atoms with Crippen molar-refractivity contribution in [3.8, 4) is 0 Å². The number of carbonyl (C=O) groups excluding carboxylic acids is 2. The number of carbonyl (C=O) groups is 2. The van der Waals surface area contributed by atoms with Crippen LogP contribution < -0.4 is 10.6 Å². The minimum Gasteiger partial charge on any atom is -0.385 e. The Hall–Kier alpha value is -1.59. The minimum atomic E-state index is -0.359. The number of hydrogen-bond acceptors (Lipinski definition) is 3. The van der Waals surface area contributed by atoms with Gasteiger partial charge in [-0.3, -0.25) is 9.59 Å². The molecule has 21 heavy (non-hydrogen) atoms. The molecule has 0 aliphatic carbocycles. The maximum atomic E-state index is 11.9. The maximum Gasteiger partial charge on any atom is 0.222 e. The Morgan fingerprint density at radius 3 is 2.52 bits per heavy atom. The van der Waals surface area contributed by atoms with E-state index in [1.165, 1.54) is 6.92 Å². The Morgan fingerprint density at radius 2 is 1.95 bits per heavy atom. The van der Waals surface area contributed by atoms with Crippen molar-refractivity contribution in [2.24, 2.45) is 0 Å². The van der Waals surface area contributed by atoms with Gasteiger partial charge in [0.1, 0.15) is 0 Å². The molecule has 0 saturated heterocycles. The Labute approximate surface area is 130 Å². The Balaban J connectivity index is 2.59. The van der Waals surface area contributed by atoms with E-state index in [0.717, 1.165) is 12.0 Å². The van der Waals surface area contributed by atoms with Crippen LogP contribution in [0.15, 0.2) is 24.3 Å². The zero-order valence-electron chi connectivity index (χ0n) is 12.3. The summed E-state index contributed by atoms with van der Waals surface area (Å²) in [4.78, 5) is 23.2. The van der Waals surface area contributed by atoms with Crippen LogP contribution in [0.2, 0.25) is 5.02 Å². The number of methoxy groups -OCH3 is 1. The van der Waals surface area contributed by atoms with Gasteiger partial charge in [-0.15, -0.1) is 0 Å². The fraction of sp³-hybridized carbons (Fsp3) is 0.467. The van der Waals surface area contributed by atoms with Gasteiger partial charge in [0.2, 0.25) is 11.8 Å². The number of benzene rings is 1. The van der Waals surface area contributed by atoms with E-state index < -0.39 is 0 Å². The van der Waals surface area contributed by atoms with Crippen LogP contribution >= 0.6 is 11.6 Å². The Morgan fingerprint density at radius 1 is 1.29 bits per heavy atom. The molecule has 0 heterocycles. The predicted molar refractivity (Wildman–Crippen MR) is 82.1 cm³/mol. The maximum absolute atomic E-state index is 11.9. The third kappa shape index (κ3) is 7.11. The second-order valence-electron chi connectivity index (χ2n) is 4.71. The monoisotopic (exact) mass is 312 g/mol. The average Bonchev–Trinajstić information content (AvgIpc) is 2.43. The zero-order valence-corrected chi connectivity index (χ0v) is 13.1. The van der Waals surface area contributed by atoms with Gasteiger partial charge in [0, 0.05) is 32.2 Å². The van der Waals surface area contributed by atoms with Gasteiger partial charge >= 0.3 is 0 Å². The summed E-state index contributed by atoms with van der Waals surface area (Å²) in [6.07, 6.45) is 0.947. The number of hydrogen-bond donors (Lipinski definition) is 2. The molecule has 0 unspecified atom stereocenters. The van der Waals surface area contributed by atoms with E-state index in [1.807, 2.05) is 0 Å². The summed E-state index contributed by atoms with van der Waals surface area (Å²) in [6, 6.07) is 6.73. The van der Waals surface area contributed by atoms with Gasteiger partial charge in [0.15, 0.2) is 0 Å². The quantitative estimate of drug-likeness (QED) is 0.722. The van der Waals surface area contributed by atoms with Crippen molar-refractivity contribution in [3.05, 3.63) is 34.9 Å². The van der Waals surface area contributed by atoms with Crippen molar-refractivity contribution in [2.45, 2.75) is 25.8 Å². The average molecular weight is 313 g/mol. The molecule has 0 bridgehead atoms. The Kier molecular flexibility index (Phi) is 7.79. The molecule has 0 aromatic heterocycles. The lowest BCUT2D eigenvalue weighted by atomic mass is 10.0. The summed E-state index contributed by atoms with van der Waals surface area (Å²) in [5, 5.41) is 6.20. The highest BCUT2D eigenvalue weighted by Crippen LogP contribution is 2.19. The van der Waals surface area contributed by atoms with Crippen molar-refractivity contribution < 1.29 is 14.3 Å². The van der Waals surface area contributed by atoms with Crippen molar-refractivity contribution in [1.29, 1.82) is 0 Å². The lowest BCUT2D eigenvalue weighted by molar-refractivity contribution is -0.122. The van der Waals surface area contributed by atoms with Crippen LogP contribution in [0.4, 0.5) is 0 Å². The number of ether oxygens (including phenoxy) is 1. The normalized spacial score (nSPS) is 11.8. The summed E-state index contributed by atoms with van der Waals surface area (Å²) in [6.45, 7) is 2.59. The van der Waals surface area contributed by atoms with Crippen LogP contribution in [0.1, 0.15) is 31.4 Å². The lowest BCUT2D eigenvalue weighted by Gasteiger charge is -2.18. The molecule has 1 atom stereocenters. The van der Waals surface area contributed by atoms with Crippen LogP contribution in [0, 0.1) is 0 Å². The number of halogens is 1. The molecule has 2 amide bonds. The van der Waals surface area contributed by atoms with Crippen LogP contribution in [0.25, 0.3) is 0 Å². The van der Waals surface area contributed by atoms with Gasteiger partial charge in [-0.25, -0.2) is 0 Å². The molecule has 0 aliphatic heterocycles. The number of rotatable bonds is 8. The van der Waals surface area contributed by atoms with E-state index in [-0.39, 0.29) is 24.3 Å². The van der Waals surface area contributed by atoms with Gasteiger partial charge in [0.05, 0.1) is 12.5 Å². The summed E-state index contributed by atoms with van der Waals surface area (Å²) in [7, 11) is 1.62. The topological polar surface area (TPSA) is 67.4 Å². The van der Waals surface area contributed by atoms with E-state index in [9.17, 15) is 9.59 Å². The Bertz CT molecular complexity index is 462. The summed E-state index contributed by atoms with van der Waals surface area (Å²) >= 11 is 5.85. The fourth-order valence-electron chi connectivity index (χ4n) is 1.89. The molecule has 2 N–H and O–H groups in total. The fourth-order valence-corrected chi connectivity index (χ4v) is 2.02. The third-order valence-electron chi connectivity index (χ3n) is 2.89. The van der Waals surface area contributed by atoms with Crippen molar-refractivity contribution >= 4 is 23.4 Å². The van der Waals surface area contributed by atoms with E-state index in [4.69, 9.17) is 16.3 Å². The van der Waals surface area contributed by atoms with Crippen LogP contribution in [0.5, 0.6) is 0 Å². The molecule has 0 saturated carbocycles. The highest BCUT2D eigenvalue weighted by molar-refractivity contribution is 6.30. The first-order valence-corrected chi connectivity index (χ1v) is 7.19. The largest absolute Gasteiger partial charge is 0.385 e. The lowest BCUT2D eigenvalue weighted by Crippen LogP contribution is -2.33. The molecular formula is C15H21ClN2O3. The van der Waals surface area contributed by atoms with Crippen molar-refractivity contribution in [2.75, 3.05) is 20.3 Å². The standard InChI is InChI=1S/C15H21ClN2O3/c1-11(19)18-14(12-4-6-13(16)7-5-12)10-15(20)17-8-3-9-21-2/h4-7,14H,3,8-10H2,1-2H3,(H,17,20)(H,18,19)/t14-/m1/s1. The molecule has 5 nitrogen and oxygen atoms in total. The molecule has 0 radical (unpaired) electrons. The van der Waals surface area contributed by atoms with Crippen molar-refractivity contribution in [3.63, 3.8) is 0 Å². The van der Waals surface area contributed by atoms with E-state index in [0.29, 0.717) is 18.2 Å². The third-order valence-corrected chi connectivity index (χ3v) is 3.14. The van der Waals surface area contributed by atoms with Crippen LogP contribution in [0.3, 0.4) is 0 Å². The molecule has 0 fully saturated rings. The van der Waals surface area contributed by atoms with Gasteiger partial charge in [-0.05, 0) is 24.1 Å². The highest BCUT2D eigenvalue weighted by atomic mass is 35.5. The van der Waals surface area contributed by atoms with Gasteiger partial charge in [0.25, 0.3) is 0 Å². The zero-order chi connectivity index (χ0) is 15.7. The molecular weight excluding hydrogens is 292 g/mol. The number of amides is 2. The molecule has 116 valence electrons. The van der Waals surface area contributed by atoms with Crippen LogP contribution in [-0.4, -0.2) is 32.1 Å². The van der Waals surface area contributed by atoms with E-state index in [1.54, 1.807) is 31.4 Å². The summed E-state index contributed by atoms with van der Waals surface area (Å²) in [5.41, 5.74) is 0.849. The van der Waals surface area contributed by atoms with Crippen LogP contribution in [-0.2, 0) is 14.3 Å².